The van der Waals surface area contributed by atoms with Crippen molar-refractivity contribution in [2.75, 3.05) is 20.5 Å². The minimum Gasteiger partial charge on any atom is -0.494 e. The number of nitrogens with one attached hydrogen (secondary N) is 1. The van der Waals surface area contributed by atoms with Crippen molar-refractivity contribution in [3.63, 3.8) is 0 Å². The van der Waals surface area contributed by atoms with Crippen LogP contribution in [0, 0.1) is 0 Å². The predicted octanol–water partition coefficient (Wildman–Crippen LogP) is 3.11. The van der Waals surface area contributed by atoms with Gasteiger partial charge in [0.05, 0.1) is 13.7 Å². The summed E-state index contributed by atoms with van der Waals surface area (Å²) in [5.74, 6) is 1.09. The summed E-state index contributed by atoms with van der Waals surface area (Å²) in [5.41, 5.74) is 1.09. The second-order valence-electron chi connectivity index (χ2n) is 5.90. The monoisotopic (exact) mass is 367 g/mol. The van der Waals surface area contributed by atoms with Crippen LogP contribution in [0.15, 0.2) is 41.2 Å². The Balaban J connectivity index is 2.06. The first-order chi connectivity index (χ1) is 13.1. The Labute approximate surface area is 154 Å². The summed E-state index contributed by atoms with van der Waals surface area (Å²) in [6.07, 6.45) is 0. The van der Waals surface area contributed by atoms with E-state index in [0.29, 0.717) is 45.9 Å². The lowest BCUT2D eigenvalue weighted by Crippen LogP contribution is -2.20. The molecule has 0 fully saturated rings. The molecule has 1 aliphatic heterocycles. The molecule has 4 rings (SSSR count). The average Bonchev–Trinajstić information content (AvgIpc) is 3.14. The van der Waals surface area contributed by atoms with Crippen molar-refractivity contribution in [1.82, 2.24) is 4.98 Å². The van der Waals surface area contributed by atoms with Gasteiger partial charge in [-0.25, -0.2) is 4.79 Å². The number of hydrogen-bond acceptors (Lipinski definition) is 6. The molecule has 3 aromatic rings. The van der Waals surface area contributed by atoms with Crippen LogP contribution in [0.3, 0.4) is 0 Å². The molecule has 27 heavy (non-hydrogen) atoms. The van der Waals surface area contributed by atoms with Crippen LogP contribution in [-0.2, 0) is 4.74 Å². The largest absolute Gasteiger partial charge is 0.494 e. The van der Waals surface area contributed by atoms with Gasteiger partial charge >= 0.3 is 5.97 Å². The smallest absolute Gasteiger partial charge is 0.344 e. The first-order valence-electron chi connectivity index (χ1n) is 8.43. The molecule has 1 aliphatic rings. The van der Waals surface area contributed by atoms with Gasteiger partial charge in [-0.3, -0.25) is 4.79 Å². The van der Waals surface area contributed by atoms with Gasteiger partial charge in [-0.05, 0) is 42.8 Å². The maximum absolute atomic E-state index is 12.6. The molecule has 0 amide bonds. The number of carbonyl (C=O) groups excluding carboxylic acids is 1. The summed E-state index contributed by atoms with van der Waals surface area (Å²) >= 11 is 0. The number of H-pyrrole nitrogens is 1. The maximum Gasteiger partial charge on any atom is 0.344 e. The van der Waals surface area contributed by atoms with E-state index in [9.17, 15) is 9.59 Å². The minimum absolute atomic E-state index is 0.0717. The van der Waals surface area contributed by atoms with E-state index in [-0.39, 0.29) is 12.4 Å². The zero-order valence-electron chi connectivity index (χ0n) is 14.8. The van der Waals surface area contributed by atoms with E-state index in [1.54, 1.807) is 36.4 Å². The number of aromatic amines is 1. The fourth-order valence-corrected chi connectivity index (χ4v) is 3.18. The molecule has 0 unspecified atom stereocenters. The third kappa shape index (κ3) is 2.87. The van der Waals surface area contributed by atoms with Crippen molar-refractivity contribution >= 4 is 16.9 Å². The number of carbonyl (C=O) groups is 1. The number of fused-ring (bicyclic) bond motifs is 2. The Morgan fingerprint density at radius 1 is 1.15 bits per heavy atom. The van der Waals surface area contributed by atoms with Crippen LogP contribution >= 0.6 is 0 Å². The summed E-state index contributed by atoms with van der Waals surface area (Å²) < 4.78 is 21.2. The van der Waals surface area contributed by atoms with E-state index in [2.05, 4.69) is 4.98 Å². The molecular weight excluding hydrogens is 350 g/mol. The number of pyridine rings is 1. The molecule has 2 heterocycles. The summed E-state index contributed by atoms with van der Waals surface area (Å²) in [4.78, 5) is 27.8. The molecule has 0 bridgehead atoms. The standard InChI is InChI=1S/C20H17NO6/c1-3-25-12-5-6-14-13(9-12)17(18(19(22)21-14)20(23)24-2)11-4-7-15-16(8-11)27-10-26-15/h4-9H,3,10H2,1-2H3,(H,21,22). The van der Waals surface area contributed by atoms with Crippen molar-refractivity contribution in [2.45, 2.75) is 6.92 Å². The van der Waals surface area contributed by atoms with Gasteiger partial charge in [0.2, 0.25) is 6.79 Å². The van der Waals surface area contributed by atoms with Crippen molar-refractivity contribution in [3.05, 3.63) is 52.3 Å². The molecule has 0 aliphatic carbocycles. The van der Waals surface area contributed by atoms with Gasteiger partial charge in [0.1, 0.15) is 11.3 Å². The van der Waals surface area contributed by atoms with Crippen LogP contribution in [-0.4, -0.2) is 31.5 Å². The van der Waals surface area contributed by atoms with E-state index < -0.39 is 11.5 Å². The Morgan fingerprint density at radius 3 is 2.74 bits per heavy atom. The molecule has 7 nitrogen and oxygen atoms in total. The summed E-state index contributed by atoms with van der Waals surface area (Å²) in [7, 11) is 1.24. The average molecular weight is 367 g/mol. The zero-order chi connectivity index (χ0) is 19.0. The number of hydrogen-bond donors (Lipinski definition) is 1. The van der Waals surface area contributed by atoms with Crippen LogP contribution in [0.5, 0.6) is 17.2 Å². The summed E-state index contributed by atoms with van der Waals surface area (Å²) in [6.45, 7) is 2.51. The number of esters is 1. The van der Waals surface area contributed by atoms with E-state index in [4.69, 9.17) is 18.9 Å². The third-order valence-corrected chi connectivity index (χ3v) is 4.35. The summed E-state index contributed by atoms with van der Waals surface area (Å²) in [5, 5.41) is 0.666. The topological polar surface area (TPSA) is 86.9 Å². The van der Waals surface area contributed by atoms with Crippen molar-refractivity contribution in [2.24, 2.45) is 0 Å². The molecule has 0 saturated carbocycles. The number of methoxy groups -OCH3 is 1. The highest BCUT2D eigenvalue weighted by Gasteiger charge is 2.23. The molecule has 0 atom stereocenters. The van der Waals surface area contributed by atoms with Gasteiger partial charge in [-0.1, -0.05) is 6.07 Å². The highest BCUT2D eigenvalue weighted by molar-refractivity contribution is 6.07. The molecule has 1 N–H and O–H groups in total. The molecule has 1 aromatic heterocycles. The number of aromatic nitrogens is 1. The van der Waals surface area contributed by atoms with Gasteiger partial charge in [0.25, 0.3) is 5.56 Å². The van der Waals surface area contributed by atoms with Crippen molar-refractivity contribution in [3.8, 4) is 28.4 Å². The Hall–Kier alpha value is -3.48. The number of rotatable bonds is 4. The fourth-order valence-electron chi connectivity index (χ4n) is 3.18. The Morgan fingerprint density at radius 2 is 1.96 bits per heavy atom. The van der Waals surface area contributed by atoms with E-state index in [1.807, 2.05) is 6.92 Å². The molecule has 0 radical (unpaired) electrons. The molecule has 0 saturated heterocycles. The highest BCUT2D eigenvalue weighted by atomic mass is 16.7. The van der Waals surface area contributed by atoms with Crippen molar-refractivity contribution in [1.29, 1.82) is 0 Å². The third-order valence-electron chi connectivity index (χ3n) is 4.35. The number of ether oxygens (including phenoxy) is 4. The minimum atomic E-state index is -0.715. The maximum atomic E-state index is 12.6. The quantitative estimate of drug-likeness (QED) is 0.713. The Kier molecular flexibility index (Phi) is 4.19. The van der Waals surface area contributed by atoms with Gasteiger partial charge < -0.3 is 23.9 Å². The lowest BCUT2D eigenvalue weighted by molar-refractivity contribution is 0.0600. The van der Waals surface area contributed by atoms with Crippen molar-refractivity contribution < 1.29 is 23.7 Å². The van der Waals surface area contributed by atoms with E-state index in [0.717, 1.165) is 0 Å². The second-order valence-corrected chi connectivity index (χ2v) is 5.90. The Bertz CT molecular complexity index is 1100. The predicted molar refractivity (Wildman–Crippen MR) is 98.6 cm³/mol. The zero-order valence-corrected chi connectivity index (χ0v) is 14.8. The van der Waals surface area contributed by atoms with Gasteiger partial charge in [0.15, 0.2) is 11.5 Å². The molecule has 2 aromatic carbocycles. The van der Waals surface area contributed by atoms with Crippen LogP contribution in [0.4, 0.5) is 0 Å². The van der Waals surface area contributed by atoms with E-state index in [1.165, 1.54) is 7.11 Å². The van der Waals surface area contributed by atoms with Crippen LogP contribution in [0.2, 0.25) is 0 Å². The van der Waals surface area contributed by atoms with Gasteiger partial charge in [-0.15, -0.1) is 0 Å². The van der Waals surface area contributed by atoms with Crippen LogP contribution < -0.4 is 19.8 Å². The first-order valence-corrected chi connectivity index (χ1v) is 8.43. The molecule has 0 spiro atoms. The number of benzene rings is 2. The highest BCUT2D eigenvalue weighted by Crippen LogP contribution is 2.39. The van der Waals surface area contributed by atoms with Gasteiger partial charge in [-0.2, -0.15) is 0 Å². The van der Waals surface area contributed by atoms with E-state index >= 15 is 0 Å². The molecule has 7 heteroatoms. The summed E-state index contributed by atoms with van der Waals surface area (Å²) in [6, 6.07) is 10.6. The fraction of sp³-hybridized carbons (Fsp3) is 0.200. The lowest BCUT2D eigenvalue weighted by Gasteiger charge is -2.13. The normalized spacial score (nSPS) is 12.2. The lowest BCUT2D eigenvalue weighted by atomic mass is 9.95. The SMILES string of the molecule is CCOc1ccc2[nH]c(=O)c(C(=O)OC)c(-c3ccc4c(c3)OCO4)c2c1. The second kappa shape index (κ2) is 6.68. The van der Waals surface area contributed by atoms with Crippen LogP contribution in [0.25, 0.3) is 22.0 Å². The van der Waals surface area contributed by atoms with Gasteiger partial charge in [0, 0.05) is 16.5 Å². The first kappa shape index (κ1) is 17.0. The molecular formula is C20H17NO6. The molecule has 138 valence electrons. The van der Waals surface area contributed by atoms with Crippen LogP contribution in [0.1, 0.15) is 17.3 Å².